The number of benzene rings is 2. The van der Waals surface area contributed by atoms with E-state index >= 15 is 0 Å². The van der Waals surface area contributed by atoms with E-state index in [0.29, 0.717) is 11.4 Å². The van der Waals surface area contributed by atoms with Crippen LogP contribution in [0.5, 0.6) is 5.75 Å². The Balaban J connectivity index is 1.88. The summed E-state index contributed by atoms with van der Waals surface area (Å²) in [6, 6.07) is 14.5. The second-order valence-corrected chi connectivity index (χ2v) is 6.75. The summed E-state index contributed by atoms with van der Waals surface area (Å²) in [5.41, 5.74) is 4.81. The van der Waals surface area contributed by atoms with Crippen molar-refractivity contribution in [1.29, 1.82) is 0 Å². The second-order valence-electron chi connectivity index (χ2n) is 6.75. The molecule has 136 valence electrons. The van der Waals surface area contributed by atoms with Crippen molar-refractivity contribution in [3.63, 3.8) is 0 Å². The number of rotatable bonds is 4. The summed E-state index contributed by atoms with van der Waals surface area (Å²) in [6.45, 7) is 6.41. The van der Waals surface area contributed by atoms with E-state index in [1.807, 2.05) is 24.3 Å². The molecule has 0 atom stereocenters. The van der Waals surface area contributed by atoms with Crippen LogP contribution < -0.4 is 15.5 Å². The van der Waals surface area contributed by atoms with Crippen LogP contribution in [0.25, 0.3) is 0 Å². The first-order valence-corrected chi connectivity index (χ1v) is 8.18. The van der Waals surface area contributed by atoms with Crippen LogP contribution in [-0.2, 0) is 15.0 Å². The molecule has 0 aromatic heterocycles. The molecule has 0 aliphatic carbocycles. The molecule has 0 heterocycles. The molecule has 2 aromatic rings. The van der Waals surface area contributed by atoms with Gasteiger partial charge in [-0.25, -0.2) is 5.43 Å². The van der Waals surface area contributed by atoms with Gasteiger partial charge in [0.05, 0.1) is 13.3 Å². The van der Waals surface area contributed by atoms with E-state index in [9.17, 15) is 9.59 Å². The van der Waals surface area contributed by atoms with Gasteiger partial charge < -0.3 is 10.1 Å². The molecule has 0 unspecified atom stereocenters. The average Bonchev–Trinajstić information content (AvgIpc) is 2.62. The molecule has 0 saturated carbocycles. The van der Waals surface area contributed by atoms with Gasteiger partial charge in [0.15, 0.2) is 0 Å². The third-order valence-corrected chi connectivity index (χ3v) is 3.71. The Bertz CT molecular complexity index is 789. The first-order valence-electron chi connectivity index (χ1n) is 8.18. The van der Waals surface area contributed by atoms with E-state index < -0.39 is 11.8 Å². The van der Waals surface area contributed by atoms with Gasteiger partial charge >= 0.3 is 11.8 Å². The molecule has 0 fully saturated rings. The number of methoxy groups -OCH3 is 1. The Kier molecular flexibility index (Phi) is 6.11. The average molecular weight is 353 g/mol. The van der Waals surface area contributed by atoms with Gasteiger partial charge in [-0.3, -0.25) is 9.59 Å². The zero-order valence-corrected chi connectivity index (χ0v) is 15.4. The minimum Gasteiger partial charge on any atom is -0.497 e. The highest BCUT2D eigenvalue weighted by Gasteiger charge is 2.13. The van der Waals surface area contributed by atoms with Crippen molar-refractivity contribution in [2.75, 3.05) is 12.4 Å². The lowest BCUT2D eigenvalue weighted by atomic mass is 9.87. The van der Waals surface area contributed by atoms with Gasteiger partial charge in [0.25, 0.3) is 0 Å². The number of nitrogens with one attached hydrogen (secondary N) is 2. The van der Waals surface area contributed by atoms with Crippen molar-refractivity contribution in [3.8, 4) is 5.75 Å². The molecule has 0 aliphatic rings. The van der Waals surface area contributed by atoms with Crippen LogP contribution in [0.3, 0.4) is 0 Å². The van der Waals surface area contributed by atoms with Crippen molar-refractivity contribution >= 4 is 23.7 Å². The molecule has 26 heavy (non-hydrogen) atoms. The molecular formula is C20H23N3O3. The fourth-order valence-electron chi connectivity index (χ4n) is 2.15. The highest BCUT2D eigenvalue weighted by Crippen LogP contribution is 2.21. The number of carbonyl (C=O) groups is 2. The van der Waals surface area contributed by atoms with Crippen LogP contribution in [0.2, 0.25) is 0 Å². The zero-order valence-electron chi connectivity index (χ0n) is 15.4. The van der Waals surface area contributed by atoms with Gasteiger partial charge in [-0.15, -0.1) is 0 Å². The van der Waals surface area contributed by atoms with Crippen molar-refractivity contribution in [3.05, 3.63) is 59.7 Å². The van der Waals surface area contributed by atoms with E-state index in [0.717, 1.165) is 5.56 Å². The van der Waals surface area contributed by atoms with Gasteiger partial charge in [0.2, 0.25) is 0 Å². The van der Waals surface area contributed by atoms with Gasteiger partial charge in [-0.2, -0.15) is 5.10 Å². The Morgan fingerprint density at radius 3 is 2.12 bits per heavy atom. The number of anilines is 1. The van der Waals surface area contributed by atoms with E-state index in [1.54, 1.807) is 31.4 Å². The van der Waals surface area contributed by atoms with Crippen molar-refractivity contribution < 1.29 is 14.3 Å². The predicted molar refractivity (Wildman–Crippen MR) is 103 cm³/mol. The first-order chi connectivity index (χ1) is 12.3. The number of carbonyl (C=O) groups excluding carboxylic acids is 2. The van der Waals surface area contributed by atoms with Gasteiger partial charge in [-0.1, -0.05) is 45.0 Å². The monoisotopic (exact) mass is 353 g/mol. The van der Waals surface area contributed by atoms with Gasteiger partial charge in [0, 0.05) is 5.69 Å². The quantitative estimate of drug-likeness (QED) is 0.504. The lowest BCUT2D eigenvalue weighted by Gasteiger charge is -2.18. The summed E-state index contributed by atoms with van der Waals surface area (Å²) in [4.78, 5) is 23.6. The number of amides is 2. The highest BCUT2D eigenvalue weighted by molar-refractivity contribution is 6.39. The zero-order chi connectivity index (χ0) is 19.2. The lowest BCUT2D eigenvalue weighted by molar-refractivity contribution is -0.136. The highest BCUT2D eigenvalue weighted by atomic mass is 16.5. The number of hydrazone groups is 1. The van der Waals surface area contributed by atoms with E-state index in [-0.39, 0.29) is 5.41 Å². The van der Waals surface area contributed by atoms with E-state index in [4.69, 9.17) is 4.74 Å². The van der Waals surface area contributed by atoms with Gasteiger partial charge in [0.1, 0.15) is 5.75 Å². The number of nitrogens with zero attached hydrogens (tertiary/aromatic N) is 1. The Morgan fingerprint density at radius 1 is 0.962 bits per heavy atom. The summed E-state index contributed by atoms with van der Waals surface area (Å²) < 4.78 is 5.03. The maximum atomic E-state index is 11.8. The van der Waals surface area contributed by atoms with Crippen LogP contribution in [0.1, 0.15) is 31.9 Å². The molecule has 6 nitrogen and oxygen atoms in total. The van der Waals surface area contributed by atoms with Crippen LogP contribution in [0, 0.1) is 0 Å². The third-order valence-electron chi connectivity index (χ3n) is 3.71. The largest absolute Gasteiger partial charge is 0.497 e. The fraction of sp³-hybridized carbons (Fsp3) is 0.250. The molecule has 0 aliphatic heterocycles. The summed E-state index contributed by atoms with van der Waals surface area (Å²) in [7, 11) is 1.55. The smallest absolute Gasteiger partial charge is 0.329 e. The van der Waals surface area contributed by atoms with Crippen molar-refractivity contribution in [2.24, 2.45) is 5.10 Å². The summed E-state index contributed by atoms with van der Waals surface area (Å²) in [5.74, 6) is -0.978. The normalized spacial score (nSPS) is 11.2. The second kappa shape index (κ2) is 8.29. The number of hydrogen-bond donors (Lipinski definition) is 2. The van der Waals surface area contributed by atoms with Crippen LogP contribution in [0.4, 0.5) is 5.69 Å². The SMILES string of the molecule is COc1ccc(NC(=O)C(=O)NN=Cc2ccc(C(C)(C)C)cc2)cc1. The Hall–Kier alpha value is -3.15. The van der Waals surface area contributed by atoms with Crippen LogP contribution in [-0.4, -0.2) is 25.1 Å². The predicted octanol–water partition coefficient (Wildman–Crippen LogP) is 3.08. The molecule has 2 rings (SSSR count). The first kappa shape index (κ1) is 19.2. The van der Waals surface area contributed by atoms with Crippen LogP contribution in [0.15, 0.2) is 53.6 Å². The third kappa shape index (κ3) is 5.44. The summed E-state index contributed by atoms with van der Waals surface area (Å²) in [5, 5.41) is 6.30. The lowest BCUT2D eigenvalue weighted by Crippen LogP contribution is -2.32. The fourth-order valence-corrected chi connectivity index (χ4v) is 2.15. The number of hydrogen-bond acceptors (Lipinski definition) is 4. The summed E-state index contributed by atoms with van der Waals surface area (Å²) in [6.07, 6.45) is 1.49. The molecular weight excluding hydrogens is 330 g/mol. The standard InChI is InChI=1S/C20H23N3O3/c1-20(2,3)15-7-5-14(6-8-15)13-21-23-19(25)18(24)22-16-9-11-17(26-4)12-10-16/h5-13H,1-4H3,(H,22,24)(H,23,25). The minimum absolute atomic E-state index is 0.0729. The number of ether oxygens (including phenoxy) is 1. The molecule has 0 saturated heterocycles. The summed E-state index contributed by atoms with van der Waals surface area (Å²) >= 11 is 0. The molecule has 0 bridgehead atoms. The van der Waals surface area contributed by atoms with Crippen molar-refractivity contribution in [2.45, 2.75) is 26.2 Å². The van der Waals surface area contributed by atoms with E-state index in [1.165, 1.54) is 11.8 Å². The maximum absolute atomic E-state index is 11.8. The maximum Gasteiger partial charge on any atom is 0.329 e. The molecule has 2 aromatic carbocycles. The molecule has 0 radical (unpaired) electrons. The molecule has 0 spiro atoms. The Morgan fingerprint density at radius 2 is 1.58 bits per heavy atom. The van der Waals surface area contributed by atoms with E-state index in [2.05, 4.69) is 36.6 Å². The van der Waals surface area contributed by atoms with Gasteiger partial charge in [-0.05, 0) is 40.8 Å². The molecule has 2 amide bonds. The Labute approximate surface area is 153 Å². The molecule has 6 heteroatoms. The topological polar surface area (TPSA) is 79.8 Å². The van der Waals surface area contributed by atoms with Crippen molar-refractivity contribution in [1.82, 2.24) is 5.43 Å². The minimum atomic E-state index is -0.844. The molecule has 2 N–H and O–H groups in total. The van der Waals surface area contributed by atoms with Crippen LogP contribution >= 0.6 is 0 Å².